The van der Waals surface area contributed by atoms with Gasteiger partial charge in [0, 0.05) is 32.2 Å². The summed E-state index contributed by atoms with van der Waals surface area (Å²) >= 11 is 0. The predicted molar refractivity (Wildman–Crippen MR) is 120 cm³/mol. The summed E-state index contributed by atoms with van der Waals surface area (Å²) in [6.07, 6.45) is 3.88. The zero-order valence-corrected chi connectivity index (χ0v) is 17.9. The first-order chi connectivity index (χ1) is 15.1. The van der Waals surface area contributed by atoms with Gasteiger partial charge in [-0.2, -0.15) is 0 Å². The van der Waals surface area contributed by atoms with Crippen LogP contribution in [0.5, 0.6) is 11.5 Å². The molecular weight excluding hydrogens is 414 g/mol. The van der Waals surface area contributed by atoms with Gasteiger partial charge in [-0.3, -0.25) is 0 Å². The lowest BCUT2D eigenvalue weighted by Gasteiger charge is -2.16. The fourth-order valence-corrected chi connectivity index (χ4v) is 4.37. The van der Waals surface area contributed by atoms with Crippen LogP contribution in [0.15, 0.2) is 71.9 Å². The van der Waals surface area contributed by atoms with E-state index in [-0.39, 0.29) is 11.4 Å². The van der Waals surface area contributed by atoms with Crippen molar-refractivity contribution < 1.29 is 13.2 Å². The summed E-state index contributed by atoms with van der Waals surface area (Å²) in [5.74, 6) is 2.84. The highest BCUT2D eigenvalue weighted by atomic mass is 32.2. The number of hydrogen-bond donors (Lipinski definition) is 2. The van der Waals surface area contributed by atoms with Crippen LogP contribution in [0.25, 0.3) is 0 Å². The molecule has 4 rings (SSSR count). The first-order valence-electron chi connectivity index (χ1n) is 10.2. The van der Waals surface area contributed by atoms with E-state index < -0.39 is 10.0 Å². The van der Waals surface area contributed by atoms with Gasteiger partial charge in [-0.15, -0.1) is 0 Å². The molecule has 0 radical (unpaired) electrons. The van der Waals surface area contributed by atoms with Crippen LogP contribution in [-0.2, 0) is 10.0 Å². The van der Waals surface area contributed by atoms with E-state index in [0.717, 1.165) is 18.9 Å². The maximum Gasteiger partial charge on any atom is 0.240 e. The van der Waals surface area contributed by atoms with Crippen LogP contribution in [0.3, 0.4) is 0 Å². The Morgan fingerprint density at radius 3 is 2.35 bits per heavy atom. The number of ether oxygens (including phenoxy) is 1. The molecule has 31 heavy (non-hydrogen) atoms. The van der Waals surface area contributed by atoms with Crippen LogP contribution < -0.4 is 19.7 Å². The monoisotopic (exact) mass is 439 g/mol. The molecule has 0 aliphatic carbocycles. The lowest BCUT2D eigenvalue weighted by molar-refractivity contribution is 0.482. The van der Waals surface area contributed by atoms with E-state index in [1.807, 2.05) is 36.4 Å². The highest BCUT2D eigenvalue weighted by molar-refractivity contribution is 7.89. The molecule has 8 nitrogen and oxygen atoms in total. The van der Waals surface area contributed by atoms with Gasteiger partial charge in [0.05, 0.1) is 4.90 Å². The first kappa shape index (κ1) is 21.1. The third-order valence-corrected chi connectivity index (χ3v) is 6.40. The molecule has 2 heterocycles. The van der Waals surface area contributed by atoms with Crippen LogP contribution in [0.1, 0.15) is 12.8 Å². The van der Waals surface area contributed by atoms with E-state index in [2.05, 4.69) is 24.9 Å². The molecule has 9 heteroatoms. The van der Waals surface area contributed by atoms with Gasteiger partial charge >= 0.3 is 0 Å². The zero-order valence-electron chi connectivity index (χ0n) is 17.1. The van der Waals surface area contributed by atoms with E-state index >= 15 is 0 Å². The van der Waals surface area contributed by atoms with Crippen LogP contribution in [0, 0.1) is 0 Å². The van der Waals surface area contributed by atoms with Gasteiger partial charge in [0.15, 0.2) is 0 Å². The van der Waals surface area contributed by atoms with Crippen molar-refractivity contribution in [2.75, 3.05) is 36.4 Å². The fourth-order valence-electron chi connectivity index (χ4n) is 3.33. The van der Waals surface area contributed by atoms with E-state index in [9.17, 15) is 8.42 Å². The van der Waals surface area contributed by atoms with Crippen molar-refractivity contribution in [2.24, 2.45) is 0 Å². The molecule has 162 valence electrons. The maximum absolute atomic E-state index is 12.5. The zero-order chi connectivity index (χ0) is 21.5. The molecule has 1 fully saturated rings. The standard InChI is InChI=1S/C22H25N5O3S/c28-31(29,20-10-8-19(9-11-20)30-18-6-2-1-3-7-18)26-13-12-23-21-16-22(25-17-24-21)27-14-4-5-15-27/h1-3,6-11,16-17,26H,4-5,12-15H2,(H,23,24,25). The fraction of sp³-hybridized carbons (Fsp3) is 0.273. The minimum Gasteiger partial charge on any atom is -0.457 e. The Bertz CT molecular complexity index is 1090. The number of para-hydroxylation sites is 1. The topological polar surface area (TPSA) is 96.5 Å². The Morgan fingerprint density at radius 2 is 1.61 bits per heavy atom. The van der Waals surface area contributed by atoms with Crippen molar-refractivity contribution in [1.29, 1.82) is 0 Å². The maximum atomic E-state index is 12.5. The number of sulfonamides is 1. The van der Waals surface area contributed by atoms with Crippen molar-refractivity contribution in [3.8, 4) is 11.5 Å². The van der Waals surface area contributed by atoms with Crippen LogP contribution in [-0.4, -0.2) is 44.6 Å². The second-order valence-electron chi connectivity index (χ2n) is 7.17. The molecule has 1 saturated heterocycles. The number of nitrogens with zero attached hydrogens (tertiary/aromatic N) is 3. The molecule has 0 saturated carbocycles. The minimum absolute atomic E-state index is 0.186. The highest BCUT2D eigenvalue weighted by Gasteiger charge is 2.15. The van der Waals surface area contributed by atoms with Crippen molar-refractivity contribution in [3.63, 3.8) is 0 Å². The average Bonchev–Trinajstić information content (AvgIpc) is 3.33. The van der Waals surface area contributed by atoms with Crippen LogP contribution >= 0.6 is 0 Å². The highest BCUT2D eigenvalue weighted by Crippen LogP contribution is 2.22. The normalized spacial score (nSPS) is 13.9. The van der Waals surface area contributed by atoms with E-state index in [1.54, 1.807) is 12.1 Å². The lowest BCUT2D eigenvalue weighted by atomic mass is 10.3. The Hall–Kier alpha value is -3.17. The SMILES string of the molecule is O=S(=O)(NCCNc1cc(N2CCCC2)ncn1)c1ccc(Oc2ccccc2)cc1. The van der Waals surface area contributed by atoms with Gasteiger partial charge in [-0.1, -0.05) is 18.2 Å². The molecule has 1 aromatic heterocycles. The van der Waals surface area contributed by atoms with E-state index in [0.29, 0.717) is 23.9 Å². The predicted octanol–water partition coefficient (Wildman–Crippen LogP) is 3.26. The Kier molecular flexibility index (Phi) is 6.63. The summed E-state index contributed by atoms with van der Waals surface area (Å²) in [6, 6.07) is 17.6. The number of hydrogen-bond acceptors (Lipinski definition) is 7. The van der Waals surface area contributed by atoms with Gasteiger partial charge in [0.25, 0.3) is 0 Å². The molecule has 0 unspecified atom stereocenters. The van der Waals surface area contributed by atoms with Crippen molar-refractivity contribution in [3.05, 3.63) is 67.0 Å². The third-order valence-electron chi connectivity index (χ3n) is 4.92. The molecular formula is C22H25N5O3S. The smallest absolute Gasteiger partial charge is 0.240 e. The summed E-state index contributed by atoms with van der Waals surface area (Å²) in [5.41, 5.74) is 0. The van der Waals surface area contributed by atoms with Gasteiger partial charge < -0.3 is 15.0 Å². The molecule has 0 amide bonds. The molecule has 0 atom stereocenters. The number of anilines is 2. The van der Waals surface area contributed by atoms with Crippen molar-refractivity contribution in [2.45, 2.75) is 17.7 Å². The van der Waals surface area contributed by atoms with Crippen molar-refractivity contribution in [1.82, 2.24) is 14.7 Å². The summed E-state index contributed by atoms with van der Waals surface area (Å²) in [5, 5.41) is 3.14. The van der Waals surface area contributed by atoms with Crippen LogP contribution in [0.4, 0.5) is 11.6 Å². The van der Waals surface area contributed by atoms with Gasteiger partial charge in [-0.05, 0) is 49.2 Å². The second kappa shape index (κ2) is 9.76. The summed E-state index contributed by atoms with van der Waals surface area (Å²) in [7, 11) is -3.61. The van der Waals surface area contributed by atoms with Crippen molar-refractivity contribution >= 4 is 21.7 Å². The number of rotatable bonds is 9. The molecule has 2 N–H and O–H groups in total. The lowest BCUT2D eigenvalue weighted by Crippen LogP contribution is -2.29. The molecule has 2 aromatic carbocycles. The summed E-state index contributed by atoms with van der Waals surface area (Å²) in [6.45, 7) is 2.65. The number of nitrogens with one attached hydrogen (secondary N) is 2. The Balaban J connectivity index is 1.28. The second-order valence-corrected chi connectivity index (χ2v) is 8.93. The van der Waals surface area contributed by atoms with Gasteiger partial charge in [0.2, 0.25) is 10.0 Å². The molecule has 1 aliphatic heterocycles. The number of benzene rings is 2. The molecule has 0 bridgehead atoms. The Morgan fingerprint density at radius 1 is 0.903 bits per heavy atom. The number of aromatic nitrogens is 2. The molecule has 1 aliphatic rings. The Labute approximate surface area is 182 Å². The van der Waals surface area contributed by atoms with E-state index in [4.69, 9.17) is 4.74 Å². The summed E-state index contributed by atoms with van der Waals surface area (Å²) in [4.78, 5) is 10.9. The van der Waals surface area contributed by atoms with Gasteiger partial charge in [-0.25, -0.2) is 23.1 Å². The molecule has 3 aromatic rings. The minimum atomic E-state index is -3.61. The average molecular weight is 440 g/mol. The summed E-state index contributed by atoms with van der Waals surface area (Å²) < 4.78 is 33.4. The first-order valence-corrected chi connectivity index (χ1v) is 11.7. The van der Waals surface area contributed by atoms with Crippen LogP contribution in [0.2, 0.25) is 0 Å². The quantitative estimate of drug-likeness (QED) is 0.494. The molecule has 0 spiro atoms. The van der Waals surface area contributed by atoms with Gasteiger partial charge in [0.1, 0.15) is 29.5 Å². The van der Waals surface area contributed by atoms with E-state index in [1.165, 1.54) is 31.3 Å². The largest absolute Gasteiger partial charge is 0.457 e. The third kappa shape index (κ3) is 5.71.